The van der Waals surface area contributed by atoms with Crippen LogP contribution in [0.1, 0.15) is 33.1 Å². The molecule has 0 bridgehead atoms. The average Bonchev–Trinajstić information content (AvgIpc) is 2.93. The normalized spacial score (nSPS) is 13.9. The molecule has 3 N–H and O–H groups in total. The quantitative estimate of drug-likeness (QED) is 0.367. The number of aromatic nitrogens is 1. The van der Waals surface area contributed by atoms with E-state index in [1.165, 1.54) is 17.0 Å². The first-order valence-corrected chi connectivity index (χ1v) is 13.2. The first kappa shape index (κ1) is 28.1. The number of nitrogens with one attached hydrogen (secondary N) is 1. The maximum absolute atomic E-state index is 15.2. The van der Waals surface area contributed by atoms with E-state index < -0.39 is 17.6 Å². The van der Waals surface area contributed by atoms with Crippen LogP contribution in [0.4, 0.5) is 10.1 Å². The molecule has 0 unspecified atom stereocenters. The number of rotatable bonds is 10. The van der Waals surface area contributed by atoms with Crippen molar-refractivity contribution < 1.29 is 28.2 Å². The fourth-order valence-corrected chi connectivity index (χ4v) is 4.47. The summed E-state index contributed by atoms with van der Waals surface area (Å²) in [6, 6.07) is 9.30. The topological polar surface area (TPSA) is 116 Å². The number of piperidine rings is 1. The molecular weight excluding hydrogens is 503 g/mol. The van der Waals surface area contributed by atoms with Crippen LogP contribution in [-0.4, -0.2) is 50.1 Å². The Balaban J connectivity index is 1.57. The van der Waals surface area contributed by atoms with Crippen molar-refractivity contribution in [3.8, 4) is 23.0 Å². The van der Waals surface area contributed by atoms with Crippen LogP contribution >= 0.6 is 0 Å². The molecule has 2 heterocycles. The van der Waals surface area contributed by atoms with Crippen molar-refractivity contribution in [3.05, 3.63) is 48.4 Å². The molecule has 3 aromatic rings. The summed E-state index contributed by atoms with van der Waals surface area (Å²) in [6.45, 7) is 6.77. The number of hydrogen-bond acceptors (Lipinski definition) is 7. The number of carbonyl (C=O) groups excluding carboxylic acids is 2. The van der Waals surface area contributed by atoms with Crippen molar-refractivity contribution in [2.24, 2.45) is 17.6 Å². The molecule has 9 nitrogen and oxygen atoms in total. The van der Waals surface area contributed by atoms with Crippen LogP contribution in [0, 0.1) is 17.7 Å². The van der Waals surface area contributed by atoms with Crippen LogP contribution in [0.2, 0.25) is 0 Å². The third-order valence-electron chi connectivity index (χ3n) is 6.75. The molecule has 1 saturated heterocycles. The first-order chi connectivity index (χ1) is 18.8. The van der Waals surface area contributed by atoms with Crippen LogP contribution < -0.4 is 30.2 Å². The number of fused-ring (bicyclic) bond motifs is 1. The average molecular weight is 539 g/mol. The molecule has 1 aromatic heterocycles. The van der Waals surface area contributed by atoms with Crippen LogP contribution in [-0.2, 0) is 9.59 Å². The second-order valence-corrected chi connectivity index (χ2v) is 10.1. The number of anilines is 1. The van der Waals surface area contributed by atoms with Gasteiger partial charge in [0, 0.05) is 35.9 Å². The van der Waals surface area contributed by atoms with E-state index in [1.807, 2.05) is 13.8 Å². The highest BCUT2D eigenvalue weighted by molar-refractivity contribution is 6.39. The smallest absolute Gasteiger partial charge is 0.316 e. The van der Waals surface area contributed by atoms with Crippen molar-refractivity contribution in [2.45, 2.75) is 33.1 Å². The highest BCUT2D eigenvalue weighted by Crippen LogP contribution is 2.38. The molecule has 0 atom stereocenters. The largest absolute Gasteiger partial charge is 0.493 e. The highest BCUT2D eigenvalue weighted by atomic mass is 19.1. The number of methoxy groups -OCH3 is 1. The van der Waals surface area contributed by atoms with Crippen molar-refractivity contribution in [1.29, 1.82) is 0 Å². The number of amides is 2. The summed E-state index contributed by atoms with van der Waals surface area (Å²) in [5.74, 6) is -0.511. The standard InChI is InChI=1S/C29H35FN4O5/c1-18(2)9-13-34(29(36)28(31)35)20-4-5-25(22(30)14-20)39-24-8-12-33-23-16-27(26(37-3)15-21(23)24)38-17-19-6-10-32-11-7-19/h4-5,8,12,14-16,18-19,32H,6-7,9-11,13,17H2,1-3H3,(H2,31,35). The number of hydrogen-bond donors (Lipinski definition) is 2. The van der Waals surface area contributed by atoms with Gasteiger partial charge in [-0.1, -0.05) is 13.8 Å². The van der Waals surface area contributed by atoms with Gasteiger partial charge in [0.05, 0.1) is 19.2 Å². The molecule has 10 heteroatoms. The number of halogens is 1. The second kappa shape index (κ2) is 12.8. The van der Waals surface area contributed by atoms with E-state index in [-0.39, 0.29) is 23.9 Å². The summed E-state index contributed by atoms with van der Waals surface area (Å²) in [7, 11) is 1.56. The zero-order valence-electron chi connectivity index (χ0n) is 22.5. The van der Waals surface area contributed by atoms with E-state index >= 15 is 4.39 Å². The van der Waals surface area contributed by atoms with E-state index in [0.717, 1.165) is 32.0 Å². The summed E-state index contributed by atoms with van der Waals surface area (Å²) in [6.07, 6.45) is 4.31. The third kappa shape index (κ3) is 6.94. The lowest BCUT2D eigenvalue weighted by Crippen LogP contribution is -2.41. The number of nitrogens with two attached hydrogens (primary N) is 1. The molecule has 0 radical (unpaired) electrons. The number of pyridine rings is 1. The van der Waals surface area contributed by atoms with E-state index in [0.29, 0.717) is 47.1 Å². The first-order valence-electron chi connectivity index (χ1n) is 13.2. The summed E-state index contributed by atoms with van der Waals surface area (Å²) in [5.41, 5.74) is 6.05. The molecule has 0 saturated carbocycles. The monoisotopic (exact) mass is 538 g/mol. The molecule has 1 aliphatic heterocycles. The predicted molar refractivity (Wildman–Crippen MR) is 147 cm³/mol. The minimum Gasteiger partial charge on any atom is -0.493 e. The van der Waals surface area contributed by atoms with Crippen molar-refractivity contribution in [3.63, 3.8) is 0 Å². The molecule has 208 valence electrons. The fraction of sp³-hybridized carbons (Fsp3) is 0.414. The Hall–Kier alpha value is -3.92. The Morgan fingerprint density at radius 3 is 2.54 bits per heavy atom. The Kier molecular flexibility index (Phi) is 9.19. The molecule has 2 amide bonds. The van der Waals surface area contributed by atoms with E-state index in [4.69, 9.17) is 19.9 Å². The Labute approximate surface area is 227 Å². The van der Waals surface area contributed by atoms with Crippen LogP contribution in [0.15, 0.2) is 42.6 Å². The molecule has 2 aromatic carbocycles. The molecule has 1 fully saturated rings. The van der Waals surface area contributed by atoms with Gasteiger partial charge in [0.25, 0.3) is 0 Å². The third-order valence-corrected chi connectivity index (χ3v) is 6.75. The van der Waals surface area contributed by atoms with E-state index in [2.05, 4.69) is 10.3 Å². The molecule has 0 spiro atoms. The Morgan fingerprint density at radius 1 is 1.10 bits per heavy atom. The van der Waals surface area contributed by atoms with Gasteiger partial charge in [0.15, 0.2) is 23.1 Å². The number of primary amides is 1. The van der Waals surface area contributed by atoms with Gasteiger partial charge in [0.1, 0.15) is 5.75 Å². The fourth-order valence-electron chi connectivity index (χ4n) is 4.47. The molecule has 1 aliphatic rings. The summed E-state index contributed by atoms with van der Waals surface area (Å²) < 4.78 is 32.8. The van der Waals surface area contributed by atoms with E-state index in [1.54, 1.807) is 31.5 Å². The molecule has 4 rings (SSSR count). The van der Waals surface area contributed by atoms with Gasteiger partial charge in [0.2, 0.25) is 0 Å². The maximum atomic E-state index is 15.2. The van der Waals surface area contributed by atoms with Crippen LogP contribution in [0.3, 0.4) is 0 Å². The maximum Gasteiger partial charge on any atom is 0.316 e. The second-order valence-electron chi connectivity index (χ2n) is 10.1. The molecule has 0 aliphatic carbocycles. The Morgan fingerprint density at radius 2 is 1.87 bits per heavy atom. The van der Waals surface area contributed by atoms with Crippen molar-refractivity contribution in [1.82, 2.24) is 10.3 Å². The minimum absolute atomic E-state index is 0.0493. The summed E-state index contributed by atoms with van der Waals surface area (Å²) >= 11 is 0. The zero-order chi connectivity index (χ0) is 27.9. The lowest BCUT2D eigenvalue weighted by molar-refractivity contribution is -0.135. The van der Waals surface area contributed by atoms with Crippen LogP contribution in [0.25, 0.3) is 10.9 Å². The van der Waals surface area contributed by atoms with Gasteiger partial charge >= 0.3 is 11.8 Å². The van der Waals surface area contributed by atoms with E-state index in [9.17, 15) is 9.59 Å². The Bertz CT molecular complexity index is 1330. The van der Waals surface area contributed by atoms with Gasteiger partial charge in [-0.15, -0.1) is 0 Å². The number of benzene rings is 2. The highest BCUT2D eigenvalue weighted by Gasteiger charge is 2.23. The van der Waals surface area contributed by atoms with Crippen molar-refractivity contribution >= 4 is 28.4 Å². The van der Waals surface area contributed by atoms with Crippen LogP contribution in [0.5, 0.6) is 23.0 Å². The summed E-state index contributed by atoms with van der Waals surface area (Å²) in [4.78, 5) is 29.6. The van der Waals surface area contributed by atoms with Gasteiger partial charge in [-0.2, -0.15) is 0 Å². The van der Waals surface area contributed by atoms with Gasteiger partial charge in [-0.25, -0.2) is 4.39 Å². The SMILES string of the molecule is COc1cc2c(Oc3ccc(N(CCC(C)C)C(=O)C(N)=O)cc3F)ccnc2cc1OCC1CCNCC1. The minimum atomic E-state index is -1.10. The zero-order valence-corrected chi connectivity index (χ0v) is 22.5. The number of carbonyl (C=O) groups is 2. The summed E-state index contributed by atoms with van der Waals surface area (Å²) in [5, 5.41) is 3.97. The lowest BCUT2D eigenvalue weighted by Gasteiger charge is -2.23. The van der Waals surface area contributed by atoms with Gasteiger partial charge < -0.3 is 30.2 Å². The predicted octanol–water partition coefficient (Wildman–Crippen LogP) is 4.42. The number of nitrogens with zero attached hydrogens (tertiary/aromatic N) is 2. The molecular formula is C29H35FN4O5. The van der Waals surface area contributed by atoms with Crippen molar-refractivity contribution in [2.75, 3.05) is 38.3 Å². The lowest BCUT2D eigenvalue weighted by atomic mass is 9.99. The number of ether oxygens (including phenoxy) is 3. The van der Waals surface area contributed by atoms with Gasteiger partial charge in [-0.3, -0.25) is 14.6 Å². The van der Waals surface area contributed by atoms with Gasteiger partial charge in [-0.05, 0) is 68.5 Å². The molecule has 39 heavy (non-hydrogen) atoms.